The standard InChI is InChI=1S/C24H43IO4SSi/c1-16(2)19-12-21(17(3)4)23(22(13-19)18(5)6)30(26,27)28-15-20(14-25)29-31(10,11)24(7,8)9/h12-13,16-18,20H,14-15H2,1-11H3/t20-/m1/s1. The Balaban J connectivity index is 3.35. The van der Waals surface area contributed by atoms with E-state index in [0.717, 1.165) is 16.7 Å². The molecule has 0 aliphatic heterocycles. The van der Waals surface area contributed by atoms with Crippen LogP contribution in [0.5, 0.6) is 0 Å². The second-order valence-corrected chi connectivity index (χ2v) is 18.1. The zero-order valence-corrected chi connectivity index (χ0v) is 25.3. The van der Waals surface area contributed by atoms with E-state index in [4.69, 9.17) is 8.61 Å². The van der Waals surface area contributed by atoms with Crippen LogP contribution in [0.3, 0.4) is 0 Å². The summed E-state index contributed by atoms with van der Waals surface area (Å²) >= 11 is 2.25. The van der Waals surface area contributed by atoms with E-state index in [-0.39, 0.29) is 29.6 Å². The lowest BCUT2D eigenvalue weighted by molar-refractivity contribution is 0.138. The molecule has 1 aromatic carbocycles. The van der Waals surface area contributed by atoms with Crippen LogP contribution in [-0.4, -0.2) is 33.9 Å². The molecule has 0 fully saturated rings. The highest BCUT2D eigenvalue weighted by Crippen LogP contribution is 2.38. The Morgan fingerprint density at radius 1 is 0.935 bits per heavy atom. The maximum absolute atomic E-state index is 13.5. The summed E-state index contributed by atoms with van der Waals surface area (Å²) < 4.78 is 39.7. The number of hydrogen-bond acceptors (Lipinski definition) is 4. The Hall–Kier alpha value is 0.0369. The summed E-state index contributed by atoms with van der Waals surface area (Å²) in [5.41, 5.74) is 2.84. The molecule has 0 radical (unpaired) electrons. The minimum Gasteiger partial charge on any atom is -0.411 e. The van der Waals surface area contributed by atoms with E-state index in [0.29, 0.717) is 15.2 Å². The normalized spacial score (nSPS) is 14.7. The minimum atomic E-state index is -3.92. The van der Waals surface area contributed by atoms with Gasteiger partial charge in [-0.3, -0.25) is 4.18 Å². The average molecular weight is 583 g/mol. The van der Waals surface area contributed by atoms with Gasteiger partial charge in [0.25, 0.3) is 10.1 Å². The topological polar surface area (TPSA) is 52.6 Å². The van der Waals surface area contributed by atoms with Crippen LogP contribution in [0.25, 0.3) is 0 Å². The quantitative estimate of drug-likeness (QED) is 0.124. The predicted octanol–water partition coefficient (Wildman–Crippen LogP) is 7.59. The molecule has 0 aromatic heterocycles. The van der Waals surface area contributed by atoms with Gasteiger partial charge in [-0.05, 0) is 52.6 Å². The van der Waals surface area contributed by atoms with Gasteiger partial charge in [-0.15, -0.1) is 0 Å². The number of benzene rings is 1. The smallest absolute Gasteiger partial charge is 0.297 e. The second kappa shape index (κ2) is 11.0. The van der Waals surface area contributed by atoms with E-state index in [2.05, 4.69) is 70.3 Å². The Labute approximate surface area is 206 Å². The number of hydrogen-bond donors (Lipinski definition) is 0. The first-order valence-electron chi connectivity index (χ1n) is 11.3. The molecule has 0 N–H and O–H groups in total. The van der Waals surface area contributed by atoms with Crippen LogP contribution >= 0.6 is 22.6 Å². The van der Waals surface area contributed by atoms with E-state index in [1.807, 2.05) is 39.8 Å². The van der Waals surface area contributed by atoms with Crippen LogP contribution in [-0.2, 0) is 18.7 Å². The Kier molecular flexibility index (Phi) is 10.3. The van der Waals surface area contributed by atoms with E-state index in [9.17, 15) is 8.42 Å². The third-order valence-corrected chi connectivity index (χ3v) is 13.1. The van der Waals surface area contributed by atoms with E-state index in [1.165, 1.54) is 0 Å². The molecule has 180 valence electrons. The van der Waals surface area contributed by atoms with Crippen molar-refractivity contribution in [3.8, 4) is 0 Å². The minimum absolute atomic E-state index is 0.0405. The fourth-order valence-corrected chi connectivity index (χ4v) is 6.83. The molecule has 7 heteroatoms. The highest BCUT2D eigenvalue weighted by Gasteiger charge is 2.39. The molecule has 0 amide bonds. The predicted molar refractivity (Wildman–Crippen MR) is 143 cm³/mol. The molecule has 1 atom stereocenters. The molecule has 1 aromatic rings. The lowest BCUT2D eigenvalue weighted by Gasteiger charge is -2.38. The van der Waals surface area contributed by atoms with E-state index in [1.54, 1.807) is 0 Å². The Bertz CT molecular complexity index is 811. The first-order valence-corrected chi connectivity index (χ1v) is 17.1. The van der Waals surface area contributed by atoms with Crippen LogP contribution < -0.4 is 0 Å². The number of alkyl halides is 1. The molecule has 0 aliphatic carbocycles. The summed E-state index contributed by atoms with van der Waals surface area (Å²) in [6.07, 6.45) is -0.254. The highest BCUT2D eigenvalue weighted by atomic mass is 127. The molecule has 0 unspecified atom stereocenters. The fourth-order valence-electron chi connectivity index (χ4n) is 3.11. The molecule has 31 heavy (non-hydrogen) atoms. The van der Waals surface area contributed by atoms with Gasteiger partial charge in [0.2, 0.25) is 0 Å². The zero-order chi connectivity index (χ0) is 24.4. The molecule has 0 heterocycles. The van der Waals surface area contributed by atoms with Crippen molar-refractivity contribution in [1.82, 2.24) is 0 Å². The van der Waals surface area contributed by atoms with Crippen molar-refractivity contribution in [2.75, 3.05) is 11.0 Å². The molecule has 0 saturated heterocycles. The van der Waals surface area contributed by atoms with Gasteiger partial charge in [0, 0.05) is 4.43 Å². The lowest BCUT2D eigenvalue weighted by Crippen LogP contribution is -2.45. The molecular weight excluding hydrogens is 539 g/mol. The Morgan fingerprint density at radius 2 is 1.39 bits per heavy atom. The third-order valence-electron chi connectivity index (χ3n) is 6.18. The van der Waals surface area contributed by atoms with Crippen molar-refractivity contribution in [2.24, 2.45) is 0 Å². The molecule has 1 rings (SSSR count). The van der Waals surface area contributed by atoms with Crippen molar-refractivity contribution in [3.05, 3.63) is 28.8 Å². The molecular formula is C24H43IO4SSi. The SMILES string of the molecule is CC(C)c1cc(C(C)C)c(S(=O)(=O)OC[C@@H](CI)O[Si](C)(C)C(C)(C)C)c(C(C)C)c1. The summed E-state index contributed by atoms with van der Waals surface area (Å²) in [7, 11) is -5.94. The van der Waals surface area contributed by atoms with Crippen LogP contribution in [0.1, 0.15) is 96.8 Å². The van der Waals surface area contributed by atoms with Gasteiger partial charge < -0.3 is 4.43 Å². The lowest BCUT2D eigenvalue weighted by atomic mass is 9.89. The van der Waals surface area contributed by atoms with E-state index >= 15 is 0 Å². The van der Waals surface area contributed by atoms with Crippen molar-refractivity contribution in [3.63, 3.8) is 0 Å². The van der Waals surface area contributed by atoms with E-state index < -0.39 is 18.4 Å². The molecule has 4 nitrogen and oxygen atoms in total. The maximum Gasteiger partial charge on any atom is 0.297 e. The van der Waals surface area contributed by atoms with Gasteiger partial charge in [0.15, 0.2) is 8.32 Å². The third kappa shape index (κ3) is 7.52. The average Bonchev–Trinajstić information content (AvgIpc) is 2.62. The zero-order valence-electron chi connectivity index (χ0n) is 21.3. The summed E-state index contributed by atoms with van der Waals surface area (Å²) in [6.45, 7) is 23.4. The maximum atomic E-state index is 13.5. The van der Waals surface area contributed by atoms with Crippen molar-refractivity contribution in [1.29, 1.82) is 0 Å². The largest absolute Gasteiger partial charge is 0.411 e. The first-order chi connectivity index (χ1) is 13.9. The monoisotopic (exact) mass is 582 g/mol. The number of halogens is 1. The molecule has 0 saturated carbocycles. The first kappa shape index (κ1) is 29.1. The van der Waals surface area contributed by atoms with Crippen LogP contribution in [0.4, 0.5) is 0 Å². The van der Waals surface area contributed by atoms with Crippen LogP contribution in [0.15, 0.2) is 17.0 Å². The summed E-state index contributed by atoms with van der Waals surface area (Å²) in [6, 6.07) is 4.08. The van der Waals surface area contributed by atoms with Gasteiger partial charge in [-0.1, -0.05) is 97.0 Å². The second-order valence-electron chi connectivity index (χ2n) is 10.9. The molecule has 0 spiro atoms. The fraction of sp³-hybridized carbons (Fsp3) is 0.750. The number of rotatable bonds is 10. The van der Waals surface area contributed by atoms with Gasteiger partial charge >= 0.3 is 0 Å². The molecule has 0 aliphatic rings. The highest BCUT2D eigenvalue weighted by molar-refractivity contribution is 14.1. The van der Waals surface area contributed by atoms with Crippen molar-refractivity contribution < 1.29 is 17.0 Å². The summed E-state index contributed by atoms with van der Waals surface area (Å²) in [5.74, 6) is 0.482. The molecule has 0 bridgehead atoms. The van der Waals surface area contributed by atoms with Crippen molar-refractivity contribution in [2.45, 2.75) is 109 Å². The van der Waals surface area contributed by atoms with Gasteiger partial charge in [-0.25, -0.2) is 0 Å². The van der Waals surface area contributed by atoms with Gasteiger partial charge in [0.05, 0.1) is 12.7 Å². The van der Waals surface area contributed by atoms with Gasteiger partial charge in [-0.2, -0.15) is 8.42 Å². The van der Waals surface area contributed by atoms with Gasteiger partial charge in [0.1, 0.15) is 4.90 Å². The Morgan fingerprint density at radius 3 is 1.71 bits per heavy atom. The van der Waals surface area contributed by atoms with Crippen molar-refractivity contribution >= 4 is 41.0 Å². The summed E-state index contributed by atoms with van der Waals surface area (Å²) in [4.78, 5) is 0.349. The summed E-state index contributed by atoms with van der Waals surface area (Å²) in [5, 5.41) is 0.0538. The van der Waals surface area contributed by atoms with Crippen LogP contribution in [0, 0.1) is 0 Å². The van der Waals surface area contributed by atoms with Crippen LogP contribution in [0.2, 0.25) is 18.1 Å².